The lowest BCUT2D eigenvalue weighted by Crippen LogP contribution is -2.31. The summed E-state index contributed by atoms with van der Waals surface area (Å²) in [5.41, 5.74) is 0.154. The summed E-state index contributed by atoms with van der Waals surface area (Å²) in [6.07, 6.45) is 1.02. The number of amides is 1. The fourth-order valence-electron chi connectivity index (χ4n) is 1.35. The van der Waals surface area contributed by atoms with Crippen molar-refractivity contribution in [1.82, 2.24) is 4.90 Å². The molecule has 1 aromatic carbocycles. The molecule has 0 saturated heterocycles. The summed E-state index contributed by atoms with van der Waals surface area (Å²) in [6.45, 7) is 4.17. The van der Waals surface area contributed by atoms with Crippen LogP contribution >= 0.6 is 0 Å². The van der Waals surface area contributed by atoms with Crippen molar-refractivity contribution in [3.8, 4) is 5.75 Å². The standard InChI is InChI=1S/C14H17NO5/c1-3-8-20-14(18)15(2)7-9-19-12-6-4-5-11(10-12)13(16)17/h3-6,10H,1,7-9H2,2H3,(H,16,17). The van der Waals surface area contributed by atoms with Crippen molar-refractivity contribution in [2.45, 2.75) is 0 Å². The first-order valence-corrected chi connectivity index (χ1v) is 5.99. The van der Waals surface area contributed by atoms with Gasteiger partial charge in [0.25, 0.3) is 0 Å². The summed E-state index contributed by atoms with van der Waals surface area (Å²) < 4.78 is 10.2. The molecule has 108 valence electrons. The molecule has 1 amide bonds. The van der Waals surface area contributed by atoms with Crippen molar-refractivity contribution >= 4 is 12.1 Å². The normalized spacial score (nSPS) is 9.65. The molecule has 6 nitrogen and oxygen atoms in total. The Hall–Kier alpha value is -2.50. The molecule has 0 bridgehead atoms. The van der Waals surface area contributed by atoms with Crippen LogP contribution in [0.3, 0.4) is 0 Å². The van der Waals surface area contributed by atoms with Crippen LogP contribution in [0, 0.1) is 0 Å². The molecule has 0 atom stereocenters. The number of carboxylic acids is 1. The molecule has 0 aromatic heterocycles. The van der Waals surface area contributed by atoms with Crippen molar-refractivity contribution in [3.63, 3.8) is 0 Å². The van der Waals surface area contributed by atoms with Gasteiger partial charge in [0.2, 0.25) is 0 Å². The van der Waals surface area contributed by atoms with Crippen LogP contribution in [-0.4, -0.2) is 48.9 Å². The molecule has 0 spiro atoms. The molecule has 0 heterocycles. The van der Waals surface area contributed by atoms with Crippen LogP contribution in [0.15, 0.2) is 36.9 Å². The van der Waals surface area contributed by atoms with E-state index in [-0.39, 0.29) is 18.8 Å². The van der Waals surface area contributed by atoms with Gasteiger partial charge in [-0.1, -0.05) is 18.7 Å². The van der Waals surface area contributed by atoms with E-state index in [1.54, 1.807) is 19.2 Å². The minimum Gasteiger partial charge on any atom is -0.492 e. The lowest BCUT2D eigenvalue weighted by atomic mass is 10.2. The lowest BCUT2D eigenvalue weighted by molar-refractivity contribution is 0.0696. The zero-order valence-corrected chi connectivity index (χ0v) is 11.2. The molecule has 0 unspecified atom stereocenters. The number of benzene rings is 1. The number of aromatic carboxylic acids is 1. The molecule has 0 aliphatic carbocycles. The first-order chi connectivity index (χ1) is 9.54. The van der Waals surface area contributed by atoms with Crippen molar-refractivity contribution in [1.29, 1.82) is 0 Å². The summed E-state index contributed by atoms with van der Waals surface area (Å²) in [4.78, 5) is 23.6. The first-order valence-electron chi connectivity index (χ1n) is 5.99. The predicted octanol–water partition coefficient (Wildman–Crippen LogP) is 2.02. The number of ether oxygens (including phenoxy) is 2. The number of likely N-dealkylation sites (N-methyl/N-ethyl adjacent to an activating group) is 1. The minimum atomic E-state index is -1.01. The summed E-state index contributed by atoms with van der Waals surface area (Å²) in [5, 5.41) is 8.85. The summed E-state index contributed by atoms with van der Waals surface area (Å²) in [5.74, 6) is -0.571. The van der Waals surface area contributed by atoms with Crippen LogP contribution in [0.1, 0.15) is 10.4 Å². The van der Waals surface area contributed by atoms with Crippen molar-refractivity contribution in [2.75, 3.05) is 26.8 Å². The highest BCUT2D eigenvalue weighted by Crippen LogP contribution is 2.13. The second-order valence-corrected chi connectivity index (χ2v) is 3.97. The van der Waals surface area contributed by atoms with Gasteiger partial charge in [-0.3, -0.25) is 0 Å². The SMILES string of the molecule is C=CCOC(=O)N(C)CCOc1cccc(C(=O)O)c1. The molecular formula is C14H17NO5. The predicted molar refractivity (Wildman–Crippen MR) is 73.1 cm³/mol. The number of carboxylic acid groups (broad SMARTS) is 1. The molecule has 1 rings (SSSR count). The van der Waals surface area contributed by atoms with Crippen molar-refractivity contribution in [3.05, 3.63) is 42.5 Å². The van der Waals surface area contributed by atoms with Crippen molar-refractivity contribution in [2.24, 2.45) is 0 Å². The molecular weight excluding hydrogens is 262 g/mol. The van der Waals surface area contributed by atoms with Gasteiger partial charge in [-0.05, 0) is 18.2 Å². The summed E-state index contributed by atoms with van der Waals surface area (Å²) in [6, 6.07) is 6.16. The second-order valence-electron chi connectivity index (χ2n) is 3.97. The van der Waals surface area contributed by atoms with E-state index in [1.165, 1.54) is 23.1 Å². The Labute approximate surface area is 117 Å². The zero-order chi connectivity index (χ0) is 15.0. The first kappa shape index (κ1) is 15.6. The quantitative estimate of drug-likeness (QED) is 0.773. The minimum absolute atomic E-state index is 0.154. The van der Waals surface area contributed by atoms with Gasteiger partial charge in [0.05, 0.1) is 12.1 Å². The highest BCUT2D eigenvalue weighted by atomic mass is 16.6. The van der Waals surface area contributed by atoms with E-state index >= 15 is 0 Å². The largest absolute Gasteiger partial charge is 0.492 e. The maximum atomic E-state index is 11.4. The molecule has 6 heteroatoms. The molecule has 0 fully saturated rings. The van der Waals surface area contributed by atoms with Gasteiger partial charge in [-0.2, -0.15) is 0 Å². The van der Waals surface area contributed by atoms with Crippen molar-refractivity contribution < 1.29 is 24.2 Å². The summed E-state index contributed by atoms with van der Waals surface area (Å²) >= 11 is 0. The van der Waals surface area contributed by atoms with E-state index in [0.29, 0.717) is 12.3 Å². The maximum absolute atomic E-state index is 11.4. The molecule has 0 aliphatic rings. The highest BCUT2D eigenvalue weighted by Gasteiger charge is 2.09. The molecule has 0 radical (unpaired) electrons. The highest BCUT2D eigenvalue weighted by molar-refractivity contribution is 5.87. The fourth-order valence-corrected chi connectivity index (χ4v) is 1.35. The Kier molecular flexibility index (Phi) is 6.09. The number of carbonyl (C=O) groups is 2. The van der Waals surface area contributed by atoms with E-state index in [4.69, 9.17) is 14.6 Å². The van der Waals surface area contributed by atoms with E-state index in [2.05, 4.69) is 6.58 Å². The summed E-state index contributed by atoms with van der Waals surface area (Å²) in [7, 11) is 1.59. The van der Waals surface area contributed by atoms with E-state index < -0.39 is 12.1 Å². The Morgan fingerprint density at radius 1 is 1.45 bits per heavy atom. The van der Waals surface area contributed by atoms with Gasteiger partial charge in [-0.15, -0.1) is 0 Å². The fraction of sp³-hybridized carbons (Fsp3) is 0.286. The van der Waals surface area contributed by atoms with Gasteiger partial charge in [-0.25, -0.2) is 9.59 Å². The topological polar surface area (TPSA) is 76.1 Å². The third-order valence-corrected chi connectivity index (χ3v) is 2.41. The van der Waals surface area contributed by atoms with Crippen LogP contribution in [0.2, 0.25) is 0 Å². The van der Waals surface area contributed by atoms with E-state index in [1.807, 2.05) is 0 Å². The Bertz CT molecular complexity index is 486. The number of hydrogen-bond acceptors (Lipinski definition) is 4. The van der Waals surface area contributed by atoms with Gasteiger partial charge < -0.3 is 19.5 Å². The molecule has 0 aliphatic heterocycles. The monoisotopic (exact) mass is 279 g/mol. The number of nitrogens with zero attached hydrogens (tertiary/aromatic N) is 1. The average molecular weight is 279 g/mol. The van der Waals surface area contributed by atoms with E-state index in [0.717, 1.165) is 0 Å². The number of carbonyl (C=O) groups excluding carboxylic acids is 1. The molecule has 0 saturated carbocycles. The molecule has 20 heavy (non-hydrogen) atoms. The smallest absolute Gasteiger partial charge is 0.409 e. The Morgan fingerprint density at radius 2 is 2.20 bits per heavy atom. The Balaban J connectivity index is 2.40. The molecule has 1 aromatic rings. The van der Waals surface area contributed by atoms with Crippen LogP contribution in [-0.2, 0) is 4.74 Å². The number of rotatable bonds is 7. The van der Waals surface area contributed by atoms with Gasteiger partial charge in [0, 0.05) is 7.05 Å². The second kappa shape index (κ2) is 7.83. The van der Waals surface area contributed by atoms with Crippen LogP contribution < -0.4 is 4.74 Å². The average Bonchev–Trinajstić information content (AvgIpc) is 2.44. The zero-order valence-electron chi connectivity index (χ0n) is 11.2. The lowest BCUT2D eigenvalue weighted by Gasteiger charge is -2.16. The number of hydrogen-bond donors (Lipinski definition) is 1. The third kappa shape index (κ3) is 5.01. The molecule has 1 N–H and O–H groups in total. The van der Waals surface area contributed by atoms with Crippen LogP contribution in [0.4, 0.5) is 4.79 Å². The maximum Gasteiger partial charge on any atom is 0.409 e. The van der Waals surface area contributed by atoms with Gasteiger partial charge >= 0.3 is 12.1 Å². The third-order valence-electron chi connectivity index (χ3n) is 2.41. The van der Waals surface area contributed by atoms with Crippen LogP contribution in [0.25, 0.3) is 0 Å². The van der Waals surface area contributed by atoms with Gasteiger partial charge in [0.1, 0.15) is 19.0 Å². The Morgan fingerprint density at radius 3 is 2.85 bits per heavy atom. The van der Waals surface area contributed by atoms with Crippen LogP contribution in [0.5, 0.6) is 5.75 Å². The van der Waals surface area contributed by atoms with E-state index in [9.17, 15) is 9.59 Å². The van der Waals surface area contributed by atoms with Gasteiger partial charge in [0.15, 0.2) is 0 Å².